The summed E-state index contributed by atoms with van der Waals surface area (Å²) in [5.41, 5.74) is 0.758. The summed E-state index contributed by atoms with van der Waals surface area (Å²) in [5, 5.41) is 6.86. The van der Waals surface area contributed by atoms with Crippen LogP contribution in [-0.4, -0.2) is 49.6 Å². The van der Waals surface area contributed by atoms with Crippen molar-refractivity contribution in [2.24, 2.45) is 4.99 Å². The molecule has 1 saturated heterocycles. The molecule has 0 amide bonds. The van der Waals surface area contributed by atoms with Gasteiger partial charge in [0.05, 0.1) is 0 Å². The lowest BCUT2D eigenvalue weighted by Gasteiger charge is -2.35. The van der Waals surface area contributed by atoms with Crippen molar-refractivity contribution in [3.8, 4) is 0 Å². The van der Waals surface area contributed by atoms with Crippen LogP contribution in [0.4, 0.5) is 4.39 Å². The topological polar surface area (TPSA) is 39.7 Å². The van der Waals surface area contributed by atoms with Crippen LogP contribution in [0.3, 0.4) is 0 Å². The van der Waals surface area contributed by atoms with Gasteiger partial charge in [0.25, 0.3) is 0 Å². The van der Waals surface area contributed by atoms with E-state index >= 15 is 0 Å². The number of likely N-dealkylation sites (tertiary alicyclic amines) is 1. The minimum absolute atomic E-state index is 0. The predicted octanol–water partition coefficient (Wildman–Crippen LogP) is 4.18. The van der Waals surface area contributed by atoms with Gasteiger partial charge in [-0.25, -0.2) is 4.39 Å². The van der Waals surface area contributed by atoms with Gasteiger partial charge in [0.15, 0.2) is 5.96 Å². The van der Waals surface area contributed by atoms with Gasteiger partial charge >= 0.3 is 0 Å². The molecule has 2 N–H and O–H groups in total. The maximum absolute atomic E-state index is 13.8. The van der Waals surface area contributed by atoms with E-state index in [1.165, 1.54) is 6.07 Å². The van der Waals surface area contributed by atoms with E-state index in [1.54, 1.807) is 7.05 Å². The molecule has 7 heteroatoms. The van der Waals surface area contributed by atoms with Crippen molar-refractivity contribution in [2.75, 3.05) is 26.7 Å². The second kappa shape index (κ2) is 12.1. The number of halogens is 3. The molecule has 1 aromatic carbocycles. The predicted molar refractivity (Wildman–Crippen MR) is 122 cm³/mol. The van der Waals surface area contributed by atoms with Crippen LogP contribution >= 0.6 is 39.9 Å². The fraction of sp³-hybridized carbons (Fsp3) is 0.632. The highest BCUT2D eigenvalue weighted by molar-refractivity contribution is 14.0. The van der Waals surface area contributed by atoms with Crippen LogP contribution in [0.15, 0.2) is 27.7 Å². The van der Waals surface area contributed by atoms with E-state index in [2.05, 4.69) is 50.3 Å². The number of hydrogen-bond donors (Lipinski definition) is 2. The lowest BCUT2D eigenvalue weighted by molar-refractivity contribution is 0.167. The van der Waals surface area contributed by atoms with Gasteiger partial charge in [-0.3, -0.25) is 4.99 Å². The molecule has 0 aromatic heterocycles. The molecule has 26 heavy (non-hydrogen) atoms. The third-order valence-corrected chi connectivity index (χ3v) is 5.25. The Hall–Kier alpha value is -0.410. The highest BCUT2D eigenvalue weighted by Crippen LogP contribution is 2.16. The Morgan fingerprint density at radius 2 is 2.04 bits per heavy atom. The molecule has 0 atom stereocenters. The summed E-state index contributed by atoms with van der Waals surface area (Å²) in [6.07, 6.45) is 3.87. The molecule has 0 unspecified atom stereocenters. The van der Waals surface area contributed by atoms with Crippen LogP contribution < -0.4 is 10.6 Å². The van der Waals surface area contributed by atoms with Crippen LogP contribution in [-0.2, 0) is 6.42 Å². The fourth-order valence-electron chi connectivity index (χ4n) is 3.16. The van der Waals surface area contributed by atoms with Crippen molar-refractivity contribution in [3.05, 3.63) is 34.1 Å². The monoisotopic (exact) mass is 540 g/mol. The summed E-state index contributed by atoms with van der Waals surface area (Å²) < 4.78 is 14.6. The van der Waals surface area contributed by atoms with E-state index in [9.17, 15) is 4.39 Å². The highest BCUT2D eigenvalue weighted by Gasteiger charge is 2.21. The van der Waals surface area contributed by atoms with Gasteiger partial charge in [-0.15, -0.1) is 24.0 Å². The zero-order valence-electron chi connectivity index (χ0n) is 15.9. The zero-order valence-corrected chi connectivity index (χ0v) is 19.8. The summed E-state index contributed by atoms with van der Waals surface area (Å²) in [4.78, 5) is 6.83. The number of rotatable bonds is 6. The van der Waals surface area contributed by atoms with E-state index in [1.807, 2.05) is 12.1 Å². The standard InChI is InChI=1S/C19H30BrFN4.HI/c1-14(2)25-11-8-17(9-12-25)24-19(22-3)23-10-4-5-15-6-7-16(20)13-18(15)21;/h6-7,13-14,17H,4-5,8-12H2,1-3H3,(H2,22,23,24);1H. The number of aryl methyl sites for hydroxylation is 1. The Morgan fingerprint density at radius 3 is 2.62 bits per heavy atom. The SMILES string of the molecule is CN=C(NCCCc1ccc(Br)cc1F)NC1CCN(C(C)C)CC1.I. The molecule has 1 aliphatic rings. The second-order valence-electron chi connectivity index (χ2n) is 6.89. The van der Waals surface area contributed by atoms with Gasteiger partial charge in [0.1, 0.15) is 5.82 Å². The van der Waals surface area contributed by atoms with Crippen LogP contribution in [0.2, 0.25) is 0 Å². The van der Waals surface area contributed by atoms with Gasteiger partial charge in [0, 0.05) is 43.2 Å². The van der Waals surface area contributed by atoms with Crippen molar-refractivity contribution in [3.63, 3.8) is 0 Å². The Kier molecular flexibility index (Phi) is 11.0. The van der Waals surface area contributed by atoms with Crippen molar-refractivity contribution in [1.82, 2.24) is 15.5 Å². The average molecular weight is 541 g/mol. The molecule has 0 bridgehead atoms. The number of guanidine groups is 1. The fourth-order valence-corrected chi connectivity index (χ4v) is 3.49. The second-order valence-corrected chi connectivity index (χ2v) is 7.80. The van der Waals surface area contributed by atoms with E-state index in [-0.39, 0.29) is 29.8 Å². The first kappa shape index (κ1) is 23.6. The number of aliphatic imine (C=N–C) groups is 1. The van der Waals surface area contributed by atoms with Crippen LogP contribution in [0.1, 0.15) is 38.7 Å². The smallest absolute Gasteiger partial charge is 0.191 e. The minimum atomic E-state index is -0.145. The number of hydrogen-bond acceptors (Lipinski definition) is 2. The summed E-state index contributed by atoms with van der Waals surface area (Å²) >= 11 is 3.29. The highest BCUT2D eigenvalue weighted by atomic mass is 127. The molecule has 1 fully saturated rings. The maximum Gasteiger partial charge on any atom is 0.191 e. The normalized spacial score (nSPS) is 16.5. The lowest BCUT2D eigenvalue weighted by atomic mass is 10.0. The third kappa shape index (κ3) is 7.68. The molecule has 0 saturated carbocycles. The first-order chi connectivity index (χ1) is 12.0. The van der Waals surface area contributed by atoms with Crippen LogP contribution in [0, 0.1) is 5.82 Å². The molecule has 0 aliphatic carbocycles. The average Bonchev–Trinajstić information content (AvgIpc) is 2.59. The Morgan fingerprint density at radius 1 is 1.35 bits per heavy atom. The van der Waals surface area contributed by atoms with Crippen LogP contribution in [0.5, 0.6) is 0 Å². The van der Waals surface area contributed by atoms with Crippen molar-refractivity contribution in [2.45, 2.75) is 51.6 Å². The first-order valence-corrected chi connectivity index (χ1v) is 9.94. The third-order valence-electron chi connectivity index (χ3n) is 4.75. The zero-order chi connectivity index (χ0) is 18.2. The van der Waals surface area contributed by atoms with E-state index in [4.69, 9.17) is 0 Å². The molecule has 4 nitrogen and oxygen atoms in total. The van der Waals surface area contributed by atoms with Gasteiger partial charge in [0.2, 0.25) is 0 Å². The summed E-state index contributed by atoms with van der Waals surface area (Å²) in [5.74, 6) is 0.702. The molecular formula is C19H31BrFIN4. The van der Waals surface area contributed by atoms with Crippen molar-refractivity contribution < 1.29 is 4.39 Å². The number of piperidine rings is 1. The number of nitrogens with zero attached hydrogens (tertiary/aromatic N) is 2. The molecule has 1 aromatic rings. The lowest BCUT2D eigenvalue weighted by Crippen LogP contribution is -2.50. The molecule has 1 heterocycles. The van der Waals surface area contributed by atoms with Gasteiger partial charge in [-0.05, 0) is 57.2 Å². The molecular weight excluding hydrogens is 510 g/mol. The quantitative estimate of drug-likeness (QED) is 0.246. The van der Waals surface area contributed by atoms with Gasteiger partial charge in [-0.1, -0.05) is 22.0 Å². The van der Waals surface area contributed by atoms with E-state index in [0.29, 0.717) is 12.1 Å². The van der Waals surface area contributed by atoms with Gasteiger partial charge in [-0.2, -0.15) is 0 Å². The summed E-state index contributed by atoms with van der Waals surface area (Å²) in [6, 6.07) is 6.35. The molecule has 148 valence electrons. The van der Waals surface area contributed by atoms with Crippen molar-refractivity contribution in [1.29, 1.82) is 0 Å². The van der Waals surface area contributed by atoms with Gasteiger partial charge < -0.3 is 15.5 Å². The molecule has 2 rings (SSSR count). The van der Waals surface area contributed by atoms with E-state index < -0.39 is 0 Å². The number of benzene rings is 1. The van der Waals surface area contributed by atoms with Crippen molar-refractivity contribution >= 4 is 45.9 Å². The minimum Gasteiger partial charge on any atom is -0.356 e. The molecule has 0 spiro atoms. The molecule has 0 radical (unpaired) electrons. The largest absolute Gasteiger partial charge is 0.356 e. The maximum atomic E-state index is 13.8. The summed E-state index contributed by atoms with van der Waals surface area (Å²) in [7, 11) is 1.80. The first-order valence-electron chi connectivity index (χ1n) is 9.14. The Balaban J connectivity index is 0.00000338. The summed E-state index contributed by atoms with van der Waals surface area (Å²) in [6.45, 7) is 7.55. The van der Waals surface area contributed by atoms with E-state index in [0.717, 1.165) is 61.3 Å². The number of nitrogens with one attached hydrogen (secondary N) is 2. The Bertz CT molecular complexity index is 575. The Labute approximate surface area is 182 Å². The molecule has 1 aliphatic heterocycles. The van der Waals surface area contributed by atoms with Crippen LogP contribution in [0.25, 0.3) is 0 Å².